The van der Waals surface area contributed by atoms with Gasteiger partial charge < -0.3 is 21.5 Å². The molecule has 6 nitrogen and oxygen atoms in total. The Balaban J connectivity index is 2.55. The van der Waals surface area contributed by atoms with Crippen LogP contribution in [0, 0.1) is 11.8 Å². The van der Waals surface area contributed by atoms with Gasteiger partial charge in [0.25, 0.3) is 0 Å². The minimum absolute atomic E-state index is 0.0614. The molecule has 5 N–H and O–H groups in total. The first kappa shape index (κ1) is 18.4. The van der Waals surface area contributed by atoms with E-state index in [4.69, 9.17) is 5.73 Å². The lowest BCUT2D eigenvalue weighted by molar-refractivity contribution is -0.142. The molecule has 0 heterocycles. The Morgan fingerprint density at radius 1 is 1.23 bits per heavy atom. The van der Waals surface area contributed by atoms with Crippen LogP contribution < -0.4 is 16.4 Å². The van der Waals surface area contributed by atoms with Crippen molar-refractivity contribution < 1.29 is 14.7 Å². The molecule has 0 aromatic carbocycles. The fourth-order valence-electron chi connectivity index (χ4n) is 2.51. The molecule has 22 heavy (non-hydrogen) atoms. The molecule has 0 fully saturated rings. The van der Waals surface area contributed by atoms with E-state index in [2.05, 4.69) is 10.6 Å². The third-order valence-electron chi connectivity index (χ3n) is 3.82. The number of amides is 1. The summed E-state index contributed by atoms with van der Waals surface area (Å²) in [5.41, 5.74) is 5.71. The molecule has 0 aromatic rings. The van der Waals surface area contributed by atoms with Gasteiger partial charge in [-0.05, 0) is 31.7 Å². The van der Waals surface area contributed by atoms with E-state index in [0.717, 1.165) is 0 Å². The Morgan fingerprint density at radius 3 is 2.27 bits per heavy atom. The van der Waals surface area contributed by atoms with E-state index in [-0.39, 0.29) is 23.8 Å². The normalized spacial score (nSPS) is 23.3. The lowest BCUT2D eigenvalue weighted by Gasteiger charge is -2.23. The Kier molecular flexibility index (Phi) is 7.27. The number of carboxylic acids is 1. The molecule has 1 rings (SSSR count). The van der Waals surface area contributed by atoms with Crippen molar-refractivity contribution in [1.29, 1.82) is 0 Å². The van der Waals surface area contributed by atoms with Crippen molar-refractivity contribution in [2.45, 2.75) is 44.8 Å². The lowest BCUT2D eigenvalue weighted by atomic mass is 9.94. The maximum absolute atomic E-state index is 12.1. The van der Waals surface area contributed by atoms with E-state index in [1.54, 1.807) is 7.05 Å². The van der Waals surface area contributed by atoms with Gasteiger partial charge in [-0.3, -0.25) is 4.79 Å². The van der Waals surface area contributed by atoms with Crippen LogP contribution in [0.15, 0.2) is 24.3 Å². The molecule has 0 radical (unpaired) electrons. The summed E-state index contributed by atoms with van der Waals surface area (Å²) in [6.07, 6.45) is 8.79. The molecule has 0 spiro atoms. The molecule has 0 saturated carbocycles. The van der Waals surface area contributed by atoms with E-state index in [1.807, 2.05) is 38.2 Å². The zero-order chi connectivity index (χ0) is 16.7. The maximum Gasteiger partial charge on any atom is 0.326 e. The summed E-state index contributed by atoms with van der Waals surface area (Å²) in [7, 11) is 1.70. The summed E-state index contributed by atoms with van der Waals surface area (Å²) >= 11 is 0. The number of nitrogens with one attached hydrogen (secondary N) is 2. The number of rotatable bonds is 8. The van der Waals surface area contributed by atoms with Crippen molar-refractivity contribution >= 4 is 11.9 Å². The minimum atomic E-state index is -1.01. The highest BCUT2D eigenvalue weighted by molar-refractivity contribution is 5.87. The molecule has 0 bridgehead atoms. The largest absolute Gasteiger partial charge is 0.480 e. The van der Waals surface area contributed by atoms with Gasteiger partial charge in [0.2, 0.25) is 5.91 Å². The van der Waals surface area contributed by atoms with Crippen molar-refractivity contribution in [1.82, 2.24) is 10.6 Å². The summed E-state index contributed by atoms with van der Waals surface area (Å²) in [6.45, 7) is 3.83. The highest BCUT2D eigenvalue weighted by Crippen LogP contribution is 2.16. The second-order valence-corrected chi connectivity index (χ2v) is 6.00. The minimum Gasteiger partial charge on any atom is -0.480 e. The Morgan fingerprint density at radius 2 is 1.82 bits per heavy atom. The molecule has 0 aromatic heterocycles. The Hall–Kier alpha value is -1.66. The molecule has 1 aliphatic carbocycles. The predicted octanol–water partition coefficient (Wildman–Crippen LogP) is 0.650. The van der Waals surface area contributed by atoms with Crippen molar-refractivity contribution in [2.75, 3.05) is 7.05 Å². The number of carboxylic acid groups (broad SMARTS) is 1. The molecule has 124 valence electrons. The number of likely N-dealkylation sites (N-methyl/N-ethyl adjacent to an activating group) is 1. The van der Waals surface area contributed by atoms with Gasteiger partial charge in [0.1, 0.15) is 6.04 Å². The molecule has 6 heteroatoms. The summed E-state index contributed by atoms with van der Waals surface area (Å²) in [6, 6.07) is -1.33. The van der Waals surface area contributed by atoms with E-state index >= 15 is 0 Å². The first-order chi connectivity index (χ1) is 10.3. The number of carbonyl (C=O) groups is 2. The zero-order valence-electron chi connectivity index (χ0n) is 13.5. The Labute approximate surface area is 131 Å². The summed E-state index contributed by atoms with van der Waals surface area (Å²) < 4.78 is 0. The highest BCUT2D eigenvalue weighted by Gasteiger charge is 2.26. The maximum atomic E-state index is 12.1. The quantitative estimate of drug-likeness (QED) is 0.493. The number of aliphatic carboxylic acids is 1. The van der Waals surface area contributed by atoms with Crippen molar-refractivity contribution in [3.8, 4) is 0 Å². The molecular formula is C16H27N3O3. The van der Waals surface area contributed by atoms with Crippen molar-refractivity contribution in [3.05, 3.63) is 24.3 Å². The van der Waals surface area contributed by atoms with Crippen molar-refractivity contribution in [3.63, 3.8) is 0 Å². The summed E-state index contributed by atoms with van der Waals surface area (Å²) in [5.74, 6) is -1.03. The first-order valence-electron chi connectivity index (χ1n) is 7.67. The fraction of sp³-hybridized carbons (Fsp3) is 0.625. The molecule has 0 unspecified atom stereocenters. The van der Waals surface area contributed by atoms with Gasteiger partial charge in [0.15, 0.2) is 0 Å². The van der Waals surface area contributed by atoms with Crippen LogP contribution in [0.1, 0.15) is 26.7 Å². The molecule has 0 saturated heterocycles. The third kappa shape index (κ3) is 5.61. The molecule has 1 aliphatic rings. The molecule has 2 atom stereocenters. The van der Waals surface area contributed by atoms with Crippen LogP contribution in [0.3, 0.4) is 0 Å². The standard InChI is InChI=1S/C16H27N3O3/c1-10(2)14(18-3)15(20)19-13(16(21)22)9-6-11-4-7-12(17)8-5-11/h4-5,7-8,10-14,18H,6,9,17H2,1-3H3,(H,19,20)(H,21,22)/t11?,12?,13-,14-/m0/s1. The SMILES string of the molecule is CN[C@H](C(=O)N[C@@H](CCC1C=CC(N)C=C1)C(=O)O)C(C)C. The second-order valence-electron chi connectivity index (χ2n) is 6.00. The van der Waals surface area contributed by atoms with Gasteiger partial charge in [0, 0.05) is 6.04 Å². The topological polar surface area (TPSA) is 104 Å². The summed E-state index contributed by atoms with van der Waals surface area (Å²) in [4.78, 5) is 23.5. The van der Waals surface area contributed by atoms with E-state index in [9.17, 15) is 14.7 Å². The van der Waals surface area contributed by atoms with Crippen LogP contribution in [-0.4, -0.2) is 42.2 Å². The van der Waals surface area contributed by atoms with Crippen LogP contribution >= 0.6 is 0 Å². The van der Waals surface area contributed by atoms with Crippen LogP contribution in [-0.2, 0) is 9.59 Å². The van der Waals surface area contributed by atoms with Gasteiger partial charge >= 0.3 is 5.97 Å². The average molecular weight is 309 g/mol. The smallest absolute Gasteiger partial charge is 0.326 e. The van der Waals surface area contributed by atoms with Gasteiger partial charge in [-0.15, -0.1) is 0 Å². The average Bonchev–Trinajstić information content (AvgIpc) is 2.45. The Bertz CT molecular complexity index is 432. The first-order valence-corrected chi connectivity index (χ1v) is 7.67. The summed E-state index contributed by atoms with van der Waals surface area (Å²) in [5, 5.41) is 14.8. The van der Waals surface area contributed by atoms with Crippen molar-refractivity contribution in [2.24, 2.45) is 17.6 Å². The van der Waals surface area contributed by atoms with E-state index < -0.39 is 18.1 Å². The molecule has 0 aliphatic heterocycles. The predicted molar refractivity (Wildman–Crippen MR) is 86.2 cm³/mol. The lowest BCUT2D eigenvalue weighted by Crippen LogP contribution is -2.51. The number of nitrogens with two attached hydrogens (primary N) is 1. The highest BCUT2D eigenvalue weighted by atomic mass is 16.4. The van der Waals surface area contributed by atoms with E-state index in [1.165, 1.54) is 0 Å². The second kappa shape index (κ2) is 8.70. The van der Waals surface area contributed by atoms with Gasteiger partial charge in [-0.2, -0.15) is 0 Å². The third-order valence-corrected chi connectivity index (χ3v) is 3.82. The fourth-order valence-corrected chi connectivity index (χ4v) is 2.51. The molecule has 1 amide bonds. The zero-order valence-corrected chi connectivity index (χ0v) is 13.5. The van der Waals surface area contributed by atoms with Crippen LogP contribution in [0.5, 0.6) is 0 Å². The van der Waals surface area contributed by atoms with E-state index in [0.29, 0.717) is 12.8 Å². The van der Waals surface area contributed by atoms with Crippen LogP contribution in [0.25, 0.3) is 0 Å². The molecular weight excluding hydrogens is 282 g/mol. The van der Waals surface area contributed by atoms with Gasteiger partial charge in [-0.1, -0.05) is 38.2 Å². The van der Waals surface area contributed by atoms with Gasteiger partial charge in [-0.25, -0.2) is 4.79 Å². The number of hydrogen-bond donors (Lipinski definition) is 4. The monoisotopic (exact) mass is 309 g/mol. The number of hydrogen-bond acceptors (Lipinski definition) is 4. The van der Waals surface area contributed by atoms with Crippen LogP contribution in [0.4, 0.5) is 0 Å². The van der Waals surface area contributed by atoms with Crippen LogP contribution in [0.2, 0.25) is 0 Å². The number of carbonyl (C=O) groups excluding carboxylic acids is 1. The number of allylic oxidation sites excluding steroid dienone is 2. The van der Waals surface area contributed by atoms with Gasteiger partial charge in [0.05, 0.1) is 6.04 Å².